The summed E-state index contributed by atoms with van der Waals surface area (Å²) < 4.78 is 1.52. The van der Waals surface area contributed by atoms with Gasteiger partial charge >= 0.3 is 0 Å². The molecular weight excluding hydrogens is 382 g/mol. The Morgan fingerprint density at radius 2 is 1.83 bits per heavy atom. The molecule has 2 N–H and O–H groups in total. The van der Waals surface area contributed by atoms with E-state index in [0.717, 1.165) is 25.7 Å². The Hall–Kier alpha value is -3.55. The molecule has 154 valence electrons. The van der Waals surface area contributed by atoms with E-state index in [4.69, 9.17) is 0 Å². The minimum absolute atomic E-state index is 0.134. The van der Waals surface area contributed by atoms with Gasteiger partial charge in [-0.3, -0.25) is 14.3 Å². The van der Waals surface area contributed by atoms with Gasteiger partial charge in [-0.2, -0.15) is 5.10 Å². The van der Waals surface area contributed by atoms with Crippen molar-refractivity contribution in [2.45, 2.75) is 44.2 Å². The Balaban J connectivity index is 1.59. The summed E-state index contributed by atoms with van der Waals surface area (Å²) in [6, 6.07) is 10.2. The highest BCUT2D eigenvalue weighted by molar-refractivity contribution is 5.92. The minimum Gasteiger partial charge on any atom is -0.503 e. The molecule has 0 saturated heterocycles. The topological polar surface area (TPSA) is 110 Å². The molecule has 0 aliphatic heterocycles. The van der Waals surface area contributed by atoms with Crippen LogP contribution in [0.1, 0.15) is 47.3 Å². The third-order valence-corrected chi connectivity index (χ3v) is 5.64. The van der Waals surface area contributed by atoms with Gasteiger partial charge in [-0.15, -0.1) is 0 Å². The second-order valence-electron chi connectivity index (χ2n) is 7.67. The smallest absolute Gasteiger partial charge is 0.276 e. The standard InChI is InChI=1S/C22H23N5O3/c28-18-13-27(14-22(8-4-5-9-22)17-6-2-1-3-7-17)26-19(20(18)29)21(30)25-12-16-10-23-15-24-11-16/h1-3,6-7,10-11,13,15,28H,4-5,8-9,12,14H2,(H,25,30). The first-order valence-electron chi connectivity index (χ1n) is 9.96. The monoisotopic (exact) mass is 405 g/mol. The lowest BCUT2D eigenvalue weighted by molar-refractivity contribution is 0.0940. The number of nitrogens with one attached hydrogen (secondary N) is 1. The fourth-order valence-electron chi connectivity index (χ4n) is 4.13. The van der Waals surface area contributed by atoms with Gasteiger partial charge < -0.3 is 10.4 Å². The largest absolute Gasteiger partial charge is 0.503 e. The van der Waals surface area contributed by atoms with Gasteiger partial charge in [-0.05, 0) is 18.4 Å². The summed E-state index contributed by atoms with van der Waals surface area (Å²) in [4.78, 5) is 32.7. The number of hydrogen-bond acceptors (Lipinski definition) is 6. The van der Waals surface area contributed by atoms with Crippen molar-refractivity contribution in [3.05, 3.63) is 82.3 Å². The molecule has 3 aromatic rings. The van der Waals surface area contributed by atoms with E-state index >= 15 is 0 Å². The highest BCUT2D eigenvalue weighted by Gasteiger charge is 2.36. The van der Waals surface area contributed by atoms with Crippen LogP contribution in [0.25, 0.3) is 0 Å². The maximum atomic E-state index is 12.6. The maximum Gasteiger partial charge on any atom is 0.276 e. The molecule has 30 heavy (non-hydrogen) atoms. The number of aromatic nitrogens is 4. The zero-order chi connectivity index (χ0) is 21.0. The molecule has 8 nitrogen and oxygen atoms in total. The SMILES string of the molecule is O=C(NCc1cncnc1)c1nn(CC2(c3ccccc3)CCCC2)cc(O)c1=O. The maximum absolute atomic E-state index is 12.6. The van der Waals surface area contributed by atoms with Crippen molar-refractivity contribution in [1.29, 1.82) is 0 Å². The normalized spacial score (nSPS) is 15.1. The highest BCUT2D eigenvalue weighted by Crippen LogP contribution is 2.42. The number of benzene rings is 1. The lowest BCUT2D eigenvalue weighted by Crippen LogP contribution is -2.34. The molecule has 2 aromatic heterocycles. The third kappa shape index (κ3) is 4.07. The van der Waals surface area contributed by atoms with E-state index in [1.807, 2.05) is 18.2 Å². The molecule has 1 aliphatic rings. The average molecular weight is 405 g/mol. The molecule has 0 bridgehead atoms. The average Bonchev–Trinajstić information content (AvgIpc) is 3.25. The van der Waals surface area contributed by atoms with Crippen molar-refractivity contribution >= 4 is 5.91 Å². The fraction of sp³-hybridized carbons (Fsp3) is 0.318. The summed E-state index contributed by atoms with van der Waals surface area (Å²) in [6.45, 7) is 0.641. The number of carbonyl (C=O) groups is 1. The Morgan fingerprint density at radius 3 is 2.53 bits per heavy atom. The zero-order valence-corrected chi connectivity index (χ0v) is 16.5. The predicted octanol–water partition coefficient (Wildman–Crippen LogP) is 2.18. The summed E-state index contributed by atoms with van der Waals surface area (Å²) in [6.07, 6.45) is 10.0. The number of rotatable bonds is 6. The molecule has 0 unspecified atom stereocenters. The summed E-state index contributed by atoms with van der Waals surface area (Å²) in [7, 11) is 0. The van der Waals surface area contributed by atoms with Crippen LogP contribution in [0.5, 0.6) is 5.75 Å². The molecule has 2 heterocycles. The highest BCUT2D eigenvalue weighted by atomic mass is 16.3. The van der Waals surface area contributed by atoms with Gasteiger partial charge in [0, 0.05) is 29.9 Å². The van der Waals surface area contributed by atoms with Gasteiger partial charge in [0.15, 0.2) is 11.4 Å². The van der Waals surface area contributed by atoms with Crippen molar-refractivity contribution in [3.8, 4) is 5.75 Å². The van der Waals surface area contributed by atoms with E-state index in [0.29, 0.717) is 12.1 Å². The molecule has 0 atom stereocenters. The first-order chi connectivity index (χ1) is 14.6. The number of hydrogen-bond donors (Lipinski definition) is 2. The lowest BCUT2D eigenvalue weighted by atomic mass is 9.79. The van der Waals surface area contributed by atoms with Crippen molar-refractivity contribution in [1.82, 2.24) is 25.1 Å². The van der Waals surface area contributed by atoms with Crippen molar-refractivity contribution in [2.75, 3.05) is 0 Å². The predicted molar refractivity (Wildman–Crippen MR) is 110 cm³/mol. The van der Waals surface area contributed by atoms with E-state index < -0.39 is 17.1 Å². The lowest BCUT2D eigenvalue weighted by Gasteiger charge is -2.30. The van der Waals surface area contributed by atoms with E-state index in [2.05, 4.69) is 32.5 Å². The van der Waals surface area contributed by atoms with Crippen LogP contribution >= 0.6 is 0 Å². The van der Waals surface area contributed by atoms with Crippen LogP contribution in [-0.4, -0.2) is 30.8 Å². The van der Waals surface area contributed by atoms with Gasteiger partial charge in [0.25, 0.3) is 11.3 Å². The molecule has 0 spiro atoms. The molecule has 4 rings (SSSR count). The van der Waals surface area contributed by atoms with Crippen molar-refractivity contribution < 1.29 is 9.90 Å². The van der Waals surface area contributed by atoms with Gasteiger partial charge in [0.1, 0.15) is 6.33 Å². The Bertz CT molecular complexity index is 1080. The summed E-state index contributed by atoms with van der Waals surface area (Å²) in [5.41, 5.74) is 0.657. The molecule has 1 amide bonds. The number of amides is 1. The Morgan fingerprint density at radius 1 is 1.13 bits per heavy atom. The van der Waals surface area contributed by atoms with Gasteiger partial charge in [0.05, 0.1) is 12.7 Å². The summed E-state index contributed by atoms with van der Waals surface area (Å²) in [5, 5.41) is 17.1. The van der Waals surface area contributed by atoms with Crippen molar-refractivity contribution in [2.24, 2.45) is 0 Å². The van der Waals surface area contributed by atoms with Crippen LogP contribution in [-0.2, 0) is 18.5 Å². The Labute approximate surface area is 173 Å². The third-order valence-electron chi connectivity index (χ3n) is 5.64. The second-order valence-corrected chi connectivity index (χ2v) is 7.67. The summed E-state index contributed by atoms with van der Waals surface area (Å²) >= 11 is 0. The van der Waals surface area contributed by atoms with Crippen LogP contribution in [0.2, 0.25) is 0 Å². The van der Waals surface area contributed by atoms with Gasteiger partial charge in [0.2, 0.25) is 0 Å². The number of nitrogens with zero attached hydrogens (tertiary/aromatic N) is 4. The molecule has 8 heteroatoms. The van der Waals surface area contributed by atoms with Crippen LogP contribution in [0.4, 0.5) is 0 Å². The van der Waals surface area contributed by atoms with E-state index in [9.17, 15) is 14.7 Å². The molecule has 1 fully saturated rings. The fourth-order valence-corrected chi connectivity index (χ4v) is 4.13. The first-order valence-corrected chi connectivity index (χ1v) is 9.96. The summed E-state index contributed by atoms with van der Waals surface area (Å²) in [5.74, 6) is -1.13. The second kappa shape index (κ2) is 8.44. The molecule has 0 radical (unpaired) electrons. The quantitative estimate of drug-likeness (QED) is 0.650. The molecular formula is C22H23N5O3. The van der Waals surface area contributed by atoms with Crippen molar-refractivity contribution in [3.63, 3.8) is 0 Å². The Kier molecular flexibility index (Phi) is 5.56. The van der Waals surface area contributed by atoms with Gasteiger partial charge in [-0.1, -0.05) is 43.2 Å². The van der Waals surface area contributed by atoms with E-state index in [1.165, 1.54) is 22.8 Å². The zero-order valence-electron chi connectivity index (χ0n) is 16.5. The number of carbonyl (C=O) groups excluding carboxylic acids is 1. The molecule has 1 saturated carbocycles. The van der Waals surface area contributed by atoms with Crippen LogP contribution in [0.3, 0.4) is 0 Å². The molecule has 1 aromatic carbocycles. The van der Waals surface area contributed by atoms with E-state index in [1.54, 1.807) is 12.4 Å². The van der Waals surface area contributed by atoms with E-state index in [-0.39, 0.29) is 17.7 Å². The van der Waals surface area contributed by atoms with Crippen LogP contribution < -0.4 is 10.7 Å². The first kappa shape index (κ1) is 19.8. The minimum atomic E-state index is -0.784. The van der Waals surface area contributed by atoms with Crippen LogP contribution in [0, 0.1) is 0 Å². The molecule has 1 aliphatic carbocycles. The van der Waals surface area contributed by atoms with Gasteiger partial charge in [-0.25, -0.2) is 9.97 Å². The van der Waals surface area contributed by atoms with Crippen LogP contribution in [0.15, 0.2) is 60.0 Å². The number of aromatic hydroxyl groups is 1.